The Balaban J connectivity index is 1.11. The lowest BCUT2D eigenvalue weighted by Gasteiger charge is -2.21. The van der Waals surface area contributed by atoms with Gasteiger partial charge < -0.3 is 36.3 Å². The molecule has 1 aliphatic heterocycles. The SMILES string of the molecule is N[C@@H](Cc1ccc(O)cc1)C(=O)N1C[C@@H](C(=O)NCCc2c[nH]c3ccccc23)[C@H](C(=O)NCCc2c[nH]c3ccccc23)C1. The number of likely N-dealkylation sites (tertiary alicyclic amines) is 1. The molecule has 0 radical (unpaired) electrons. The highest BCUT2D eigenvalue weighted by atomic mass is 16.3. The maximum absolute atomic E-state index is 13.5. The Kier molecular flexibility index (Phi) is 8.84. The van der Waals surface area contributed by atoms with Crippen LogP contribution in [0.1, 0.15) is 16.7 Å². The van der Waals surface area contributed by atoms with Gasteiger partial charge in [0.2, 0.25) is 17.7 Å². The number of amides is 3. The van der Waals surface area contributed by atoms with Gasteiger partial charge in [0, 0.05) is 60.4 Å². The summed E-state index contributed by atoms with van der Waals surface area (Å²) in [6.45, 7) is 1.03. The Hall–Kier alpha value is -5.09. The molecule has 2 aromatic heterocycles. The Morgan fingerprint density at radius 3 is 1.78 bits per heavy atom. The first kappa shape index (κ1) is 30.0. The van der Waals surface area contributed by atoms with Crippen molar-refractivity contribution in [2.24, 2.45) is 17.6 Å². The minimum atomic E-state index is -0.844. The summed E-state index contributed by atoms with van der Waals surface area (Å²) in [4.78, 5) is 48.5. The van der Waals surface area contributed by atoms with E-state index < -0.39 is 17.9 Å². The zero-order valence-corrected chi connectivity index (χ0v) is 25.0. The van der Waals surface area contributed by atoms with Crippen molar-refractivity contribution in [3.8, 4) is 5.75 Å². The van der Waals surface area contributed by atoms with E-state index in [0.29, 0.717) is 25.9 Å². The van der Waals surface area contributed by atoms with Crippen LogP contribution < -0.4 is 16.4 Å². The summed E-state index contributed by atoms with van der Waals surface area (Å²) < 4.78 is 0. The number of nitrogens with one attached hydrogen (secondary N) is 4. The van der Waals surface area contributed by atoms with E-state index in [2.05, 4.69) is 20.6 Å². The van der Waals surface area contributed by atoms with Crippen molar-refractivity contribution < 1.29 is 19.5 Å². The molecule has 10 heteroatoms. The summed E-state index contributed by atoms with van der Waals surface area (Å²) in [5.41, 5.74) is 11.4. The molecule has 0 bridgehead atoms. The van der Waals surface area contributed by atoms with E-state index >= 15 is 0 Å². The second-order valence-corrected chi connectivity index (χ2v) is 11.7. The number of nitrogens with two attached hydrogens (primary N) is 1. The number of hydrogen-bond acceptors (Lipinski definition) is 5. The van der Waals surface area contributed by atoms with Crippen molar-refractivity contribution >= 4 is 39.5 Å². The number of aromatic nitrogens is 2. The largest absolute Gasteiger partial charge is 0.508 e. The number of aromatic amines is 2. The molecule has 1 saturated heterocycles. The topological polar surface area (TPSA) is 156 Å². The Morgan fingerprint density at radius 2 is 1.27 bits per heavy atom. The van der Waals surface area contributed by atoms with E-state index in [4.69, 9.17) is 5.73 Å². The second-order valence-electron chi connectivity index (χ2n) is 11.7. The lowest BCUT2D eigenvalue weighted by atomic mass is 9.94. The average molecular weight is 607 g/mol. The van der Waals surface area contributed by atoms with Gasteiger partial charge in [0.05, 0.1) is 17.9 Å². The Labute approximate surface area is 261 Å². The predicted octanol–water partition coefficient (Wildman–Crippen LogP) is 3.02. The van der Waals surface area contributed by atoms with Gasteiger partial charge in [-0.25, -0.2) is 0 Å². The maximum Gasteiger partial charge on any atom is 0.239 e. The third-order valence-electron chi connectivity index (χ3n) is 8.75. The van der Waals surface area contributed by atoms with Crippen LogP contribution >= 0.6 is 0 Å². The minimum absolute atomic E-state index is 0.113. The molecule has 0 saturated carbocycles. The number of carbonyl (C=O) groups excluding carboxylic acids is 3. The van der Waals surface area contributed by atoms with E-state index in [1.165, 1.54) is 0 Å². The molecule has 0 aliphatic carbocycles. The van der Waals surface area contributed by atoms with Crippen LogP contribution in [0, 0.1) is 11.8 Å². The minimum Gasteiger partial charge on any atom is -0.508 e. The fraction of sp³-hybridized carbons (Fsp3) is 0.286. The average Bonchev–Trinajstić information content (AvgIpc) is 3.79. The third-order valence-corrected chi connectivity index (χ3v) is 8.75. The zero-order valence-electron chi connectivity index (χ0n) is 25.0. The van der Waals surface area contributed by atoms with Crippen molar-refractivity contribution in [1.82, 2.24) is 25.5 Å². The van der Waals surface area contributed by atoms with E-state index in [-0.39, 0.29) is 43.0 Å². The number of hydrogen-bond donors (Lipinski definition) is 6. The molecule has 0 spiro atoms. The summed E-state index contributed by atoms with van der Waals surface area (Å²) >= 11 is 0. The molecule has 45 heavy (non-hydrogen) atoms. The van der Waals surface area contributed by atoms with Crippen molar-refractivity contribution in [2.45, 2.75) is 25.3 Å². The lowest BCUT2D eigenvalue weighted by Crippen LogP contribution is -2.44. The van der Waals surface area contributed by atoms with Gasteiger partial charge in [0.1, 0.15) is 5.75 Å². The van der Waals surface area contributed by atoms with Gasteiger partial charge in [-0.1, -0.05) is 48.5 Å². The molecule has 3 heterocycles. The quantitative estimate of drug-likeness (QED) is 0.136. The first-order chi connectivity index (χ1) is 21.9. The normalized spacial score (nSPS) is 17.0. The summed E-state index contributed by atoms with van der Waals surface area (Å²) in [6, 6.07) is 21.7. The second kappa shape index (κ2) is 13.3. The number of rotatable bonds is 11. The van der Waals surface area contributed by atoms with Crippen LogP contribution in [0.4, 0.5) is 0 Å². The molecule has 3 atom stereocenters. The molecule has 1 fully saturated rings. The Morgan fingerprint density at radius 1 is 0.778 bits per heavy atom. The molecular weight excluding hydrogens is 568 g/mol. The van der Waals surface area contributed by atoms with E-state index in [1.807, 2.05) is 60.9 Å². The standard InChI is InChI=1S/C35H38N6O4/c36-30(17-22-9-11-25(42)12-10-22)35(45)41-20-28(33(43)37-15-13-23-18-39-31-7-3-1-5-26(23)31)29(21-41)34(44)38-16-14-24-19-40-32-8-4-2-6-27(24)32/h1-12,18-19,28-30,39-40,42H,13-17,20-21,36H2,(H,37,43)(H,38,44)/t28-,29-,30+/m1/s1. The van der Waals surface area contributed by atoms with Crippen LogP contribution in [0.2, 0.25) is 0 Å². The number of fused-ring (bicyclic) bond motifs is 2. The van der Waals surface area contributed by atoms with Crippen LogP contribution in [-0.4, -0.2) is 69.9 Å². The van der Waals surface area contributed by atoms with Crippen LogP contribution in [0.5, 0.6) is 5.75 Å². The number of benzene rings is 3. The third kappa shape index (κ3) is 6.71. The molecule has 232 valence electrons. The summed E-state index contributed by atoms with van der Waals surface area (Å²) in [5.74, 6) is -2.09. The van der Waals surface area contributed by atoms with Gasteiger partial charge in [-0.15, -0.1) is 0 Å². The molecule has 6 rings (SSSR count). The Bertz CT molecular complexity index is 1710. The molecule has 10 nitrogen and oxygen atoms in total. The van der Waals surface area contributed by atoms with Crippen LogP contribution in [0.3, 0.4) is 0 Å². The van der Waals surface area contributed by atoms with Gasteiger partial charge >= 0.3 is 0 Å². The first-order valence-electron chi connectivity index (χ1n) is 15.3. The summed E-state index contributed by atoms with van der Waals surface area (Å²) in [5, 5.41) is 17.8. The van der Waals surface area contributed by atoms with Crippen molar-refractivity contribution in [2.75, 3.05) is 26.2 Å². The molecule has 1 aliphatic rings. The highest BCUT2D eigenvalue weighted by molar-refractivity contribution is 5.91. The predicted molar refractivity (Wildman–Crippen MR) is 173 cm³/mol. The van der Waals surface area contributed by atoms with Gasteiger partial charge in [-0.3, -0.25) is 14.4 Å². The molecule has 3 aromatic carbocycles. The van der Waals surface area contributed by atoms with Crippen LogP contribution in [0.25, 0.3) is 21.8 Å². The highest BCUT2D eigenvalue weighted by Gasteiger charge is 2.44. The molecule has 0 unspecified atom stereocenters. The van der Waals surface area contributed by atoms with E-state index in [0.717, 1.165) is 38.5 Å². The van der Waals surface area contributed by atoms with E-state index in [9.17, 15) is 19.5 Å². The zero-order chi connectivity index (χ0) is 31.3. The number of phenolic OH excluding ortho intramolecular Hbond substituents is 1. The first-order valence-corrected chi connectivity index (χ1v) is 15.3. The number of H-pyrrole nitrogens is 2. The molecule has 7 N–H and O–H groups in total. The molecule has 3 amide bonds. The van der Waals surface area contributed by atoms with Gasteiger partial charge in [-0.2, -0.15) is 0 Å². The highest BCUT2D eigenvalue weighted by Crippen LogP contribution is 2.26. The lowest BCUT2D eigenvalue weighted by molar-refractivity contribution is -0.132. The fourth-order valence-corrected chi connectivity index (χ4v) is 6.30. The monoisotopic (exact) mass is 606 g/mol. The summed E-state index contributed by atoms with van der Waals surface area (Å²) in [7, 11) is 0. The summed E-state index contributed by atoms with van der Waals surface area (Å²) in [6.07, 6.45) is 5.44. The number of phenols is 1. The van der Waals surface area contributed by atoms with Crippen molar-refractivity contribution in [1.29, 1.82) is 0 Å². The number of aromatic hydroxyl groups is 1. The van der Waals surface area contributed by atoms with Crippen LogP contribution in [0.15, 0.2) is 85.2 Å². The van der Waals surface area contributed by atoms with Gasteiger partial charge in [0.25, 0.3) is 0 Å². The number of carbonyl (C=O) groups is 3. The smallest absolute Gasteiger partial charge is 0.239 e. The van der Waals surface area contributed by atoms with Crippen molar-refractivity contribution in [3.63, 3.8) is 0 Å². The number of nitrogens with zero attached hydrogens (tertiary/aromatic N) is 1. The number of para-hydroxylation sites is 2. The van der Waals surface area contributed by atoms with Gasteiger partial charge in [0.15, 0.2) is 0 Å². The van der Waals surface area contributed by atoms with Gasteiger partial charge in [-0.05, 0) is 60.2 Å². The maximum atomic E-state index is 13.5. The fourth-order valence-electron chi connectivity index (χ4n) is 6.30. The van der Waals surface area contributed by atoms with Crippen LogP contribution in [-0.2, 0) is 33.6 Å². The molecule has 5 aromatic rings. The van der Waals surface area contributed by atoms with E-state index in [1.54, 1.807) is 29.2 Å². The molecular formula is C35H38N6O4. The van der Waals surface area contributed by atoms with Crippen molar-refractivity contribution in [3.05, 3.63) is 102 Å².